The van der Waals surface area contributed by atoms with Crippen molar-refractivity contribution in [2.45, 2.75) is 6.61 Å². The fourth-order valence-corrected chi connectivity index (χ4v) is 3.93. The second-order valence-corrected chi connectivity index (χ2v) is 7.68. The molecule has 0 unspecified atom stereocenters. The monoisotopic (exact) mass is 446 g/mol. The Morgan fingerprint density at radius 1 is 0.906 bits per heavy atom. The fraction of sp³-hybridized carbons (Fsp3) is 0.120. The van der Waals surface area contributed by atoms with E-state index in [2.05, 4.69) is 10.3 Å². The first-order valence-electron chi connectivity index (χ1n) is 9.93. The van der Waals surface area contributed by atoms with Crippen molar-refractivity contribution in [3.63, 3.8) is 0 Å². The predicted molar refractivity (Wildman–Crippen MR) is 126 cm³/mol. The Labute approximate surface area is 190 Å². The quantitative estimate of drug-likeness (QED) is 0.378. The predicted octanol–water partition coefficient (Wildman–Crippen LogP) is 5.66. The Morgan fingerprint density at radius 2 is 1.66 bits per heavy atom. The molecule has 0 bridgehead atoms. The molecule has 0 aliphatic carbocycles. The molecule has 1 N–H and O–H groups in total. The minimum Gasteiger partial charge on any atom is -0.493 e. The van der Waals surface area contributed by atoms with Gasteiger partial charge < -0.3 is 19.5 Å². The van der Waals surface area contributed by atoms with E-state index in [1.807, 2.05) is 66.0 Å². The van der Waals surface area contributed by atoms with E-state index in [1.165, 1.54) is 11.3 Å². The number of carbonyl (C=O) groups is 1. The van der Waals surface area contributed by atoms with Crippen molar-refractivity contribution in [2.75, 3.05) is 19.5 Å². The molecule has 0 saturated heterocycles. The molecule has 4 aromatic rings. The van der Waals surface area contributed by atoms with Crippen molar-refractivity contribution in [3.05, 3.63) is 89.4 Å². The molecule has 6 nitrogen and oxygen atoms in total. The van der Waals surface area contributed by atoms with Crippen molar-refractivity contribution in [2.24, 2.45) is 0 Å². The molecule has 1 aromatic heterocycles. The van der Waals surface area contributed by atoms with Crippen LogP contribution in [0, 0.1) is 0 Å². The molecule has 0 spiro atoms. The average molecular weight is 447 g/mol. The largest absolute Gasteiger partial charge is 0.493 e. The van der Waals surface area contributed by atoms with Crippen LogP contribution in [0.3, 0.4) is 0 Å². The van der Waals surface area contributed by atoms with E-state index in [0.717, 1.165) is 22.0 Å². The van der Waals surface area contributed by atoms with Gasteiger partial charge in [-0.2, -0.15) is 0 Å². The summed E-state index contributed by atoms with van der Waals surface area (Å²) in [5.41, 5.74) is 2.90. The average Bonchev–Trinajstić information content (AvgIpc) is 3.32. The van der Waals surface area contributed by atoms with Gasteiger partial charge in [0.15, 0.2) is 11.5 Å². The van der Waals surface area contributed by atoms with Gasteiger partial charge >= 0.3 is 0 Å². The van der Waals surface area contributed by atoms with E-state index in [1.54, 1.807) is 26.4 Å². The molecule has 0 aliphatic heterocycles. The van der Waals surface area contributed by atoms with Crippen molar-refractivity contribution in [1.82, 2.24) is 4.98 Å². The first kappa shape index (κ1) is 21.4. The summed E-state index contributed by atoms with van der Waals surface area (Å²) in [5.74, 6) is 1.59. The zero-order valence-corrected chi connectivity index (χ0v) is 18.5. The molecule has 0 radical (unpaired) electrons. The van der Waals surface area contributed by atoms with E-state index in [4.69, 9.17) is 14.2 Å². The van der Waals surface area contributed by atoms with Gasteiger partial charge in [-0.15, -0.1) is 11.3 Å². The fourth-order valence-electron chi connectivity index (χ4n) is 3.13. The molecule has 4 rings (SSSR count). The number of para-hydroxylation sites is 2. The van der Waals surface area contributed by atoms with Gasteiger partial charge in [0, 0.05) is 16.6 Å². The van der Waals surface area contributed by atoms with Crippen LogP contribution in [0.25, 0.3) is 10.6 Å². The first-order valence-corrected chi connectivity index (χ1v) is 10.8. The zero-order chi connectivity index (χ0) is 22.3. The van der Waals surface area contributed by atoms with E-state index in [-0.39, 0.29) is 12.5 Å². The Balaban J connectivity index is 1.46. The minimum atomic E-state index is -0.226. The van der Waals surface area contributed by atoms with Gasteiger partial charge in [-0.1, -0.05) is 30.3 Å². The minimum absolute atomic E-state index is 0.226. The molecule has 0 saturated carbocycles. The summed E-state index contributed by atoms with van der Waals surface area (Å²) in [6.07, 6.45) is 0. The second kappa shape index (κ2) is 9.98. The normalized spacial score (nSPS) is 10.4. The van der Waals surface area contributed by atoms with Crippen LogP contribution in [0.15, 0.2) is 78.2 Å². The summed E-state index contributed by atoms with van der Waals surface area (Å²) in [7, 11) is 3.21. The maximum absolute atomic E-state index is 12.7. The van der Waals surface area contributed by atoms with Crippen molar-refractivity contribution in [1.29, 1.82) is 0 Å². The molecule has 0 aliphatic rings. The first-order chi connectivity index (χ1) is 15.7. The maximum Gasteiger partial charge on any atom is 0.259 e. The number of nitrogens with one attached hydrogen (secondary N) is 1. The lowest BCUT2D eigenvalue weighted by molar-refractivity contribution is 0.102. The van der Waals surface area contributed by atoms with Crippen LogP contribution in [0.1, 0.15) is 16.1 Å². The molecular formula is C25H22N2O4S. The van der Waals surface area contributed by atoms with Gasteiger partial charge in [0.1, 0.15) is 17.4 Å². The Bertz CT molecular complexity index is 1210. The lowest BCUT2D eigenvalue weighted by Gasteiger charge is -2.11. The Kier molecular flexibility index (Phi) is 6.67. The van der Waals surface area contributed by atoms with Gasteiger partial charge in [-0.25, -0.2) is 4.98 Å². The SMILES string of the molecule is COc1ccc(-c2nc(COc3ccccc3C(=O)Nc3ccccc3)cs2)cc1OC. The van der Waals surface area contributed by atoms with Crippen LogP contribution in [-0.2, 0) is 6.61 Å². The Morgan fingerprint density at radius 3 is 2.44 bits per heavy atom. The number of hydrogen-bond donors (Lipinski definition) is 1. The van der Waals surface area contributed by atoms with Crippen molar-refractivity contribution in [3.8, 4) is 27.8 Å². The Hall–Kier alpha value is -3.84. The van der Waals surface area contributed by atoms with Crippen LogP contribution in [0.5, 0.6) is 17.2 Å². The number of anilines is 1. The number of hydrogen-bond acceptors (Lipinski definition) is 6. The number of nitrogens with zero attached hydrogens (tertiary/aromatic N) is 1. The van der Waals surface area contributed by atoms with E-state index in [0.29, 0.717) is 22.8 Å². The van der Waals surface area contributed by atoms with Gasteiger partial charge in [-0.3, -0.25) is 4.79 Å². The highest BCUT2D eigenvalue weighted by Crippen LogP contribution is 2.33. The van der Waals surface area contributed by atoms with Crippen LogP contribution in [-0.4, -0.2) is 25.1 Å². The van der Waals surface area contributed by atoms with Crippen molar-refractivity contribution >= 4 is 22.9 Å². The topological polar surface area (TPSA) is 69.7 Å². The third-order valence-electron chi connectivity index (χ3n) is 4.72. The molecule has 162 valence electrons. The maximum atomic E-state index is 12.7. The summed E-state index contributed by atoms with van der Waals surface area (Å²) in [5, 5.41) is 5.68. The summed E-state index contributed by atoms with van der Waals surface area (Å²) >= 11 is 1.52. The van der Waals surface area contributed by atoms with Crippen molar-refractivity contribution < 1.29 is 19.0 Å². The highest BCUT2D eigenvalue weighted by molar-refractivity contribution is 7.13. The number of amides is 1. The molecule has 3 aromatic carbocycles. The number of aromatic nitrogens is 1. The summed E-state index contributed by atoms with van der Waals surface area (Å²) in [6, 6.07) is 22.2. The van der Waals surface area contributed by atoms with E-state index in [9.17, 15) is 4.79 Å². The summed E-state index contributed by atoms with van der Waals surface area (Å²) < 4.78 is 16.6. The number of thiazole rings is 1. The van der Waals surface area contributed by atoms with Gasteiger partial charge in [0.2, 0.25) is 0 Å². The lowest BCUT2D eigenvalue weighted by atomic mass is 10.2. The number of ether oxygens (including phenoxy) is 3. The van der Waals surface area contributed by atoms with Crippen LogP contribution in [0.2, 0.25) is 0 Å². The smallest absolute Gasteiger partial charge is 0.259 e. The third-order valence-corrected chi connectivity index (χ3v) is 5.66. The molecule has 0 fully saturated rings. The number of benzene rings is 3. The molecule has 1 heterocycles. The van der Waals surface area contributed by atoms with E-state index < -0.39 is 0 Å². The van der Waals surface area contributed by atoms with Crippen LogP contribution >= 0.6 is 11.3 Å². The molecule has 0 atom stereocenters. The molecule has 1 amide bonds. The molecular weight excluding hydrogens is 424 g/mol. The summed E-state index contributed by atoms with van der Waals surface area (Å²) in [4.78, 5) is 17.4. The van der Waals surface area contributed by atoms with E-state index >= 15 is 0 Å². The second-order valence-electron chi connectivity index (χ2n) is 6.82. The number of rotatable bonds is 8. The standard InChI is InChI=1S/C25H22N2O4S/c1-29-22-13-12-17(14-23(22)30-2)25-27-19(16-32-25)15-31-21-11-7-6-10-20(21)24(28)26-18-8-4-3-5-9-18/h3-14,16H,15H2,1-2H3,(H,26,28). The van der Waals surface area contributed by atoms with Crippen LogP contribution < -0.4 is 19.5 Å². The summed E-state index contributed by atoms with van der Waals surface area (Å²) in [6.45, 7) is 0.249. The third kappa shape index (κ3) is 4.90. The van der Waals surface area contributed by atoms with Gasteiger partial charge in [0.05, 0.1) is 25.5 Å². The number of methoxy groups -OCH3 is 2. The molecule has 32 heavy (non-hydrogen) atoms. The highest BCUT2D eigenvalue weighted by Gasteiger charge is 2.14. The highest BCUT2D eigenvalue weighted by atomic mass is 32.1. The number of carbonyl (C=O) groups excluding carboxylic acids is 1. The lowest BCUT2D eigenvalue weighted by Crippen LogP contribution is -2.13. The van der Waals surface area contributed by atoms with Gasteiger partial charge in [0.25, 0.3) is 5.91 Å². The van der Waals surface area contributed by atoms with Gasteiger partial charge in [-0.05, 0) is 42.5 Å². The zero-order valence-electron chi connectivity index (χ0n) is 17.7. The molecule has 7 heteroatoms. The van der Waals surface area contributed by atoms with Crippen LogP contribution in [0.4, 0.5) is 5.69 Å².